The third-order valence-electron chi connectivity index (χ3n) is 3.18. The molecule has 18 heavy (non-hydrogen) atoms. The van der Waals surface area contributed by atoms with Crippen LogP contribution in [-0.2, 0) is 16.6 Å². The fourth-order valence-electron chi connectivity index (χ4n) is 1.86. The van der Waals surface area contributed by atoms with Crippen molar-refractivity contribution in [2.75, 3.05) is 6.54 Å². The van der Waals surface area contributed by atoms with Crippen molar-refractivity contribution in [3.8, 4) is 0 Å². The van der Waals surface area contributed by atoms with Gasteiger partial charge >= 0.3 is 0 Å². The molecule has 0 aromatic carbocycles. The van der Waals surface area contributed by atoms with Gasteiger partial charge in [-0.15, -0.1) is 0 Å². The number of sulfonamides is 1. The van der Waals surface area contributed by atoms with Crippen LogP contribution in [0.1, 0.15) is 26.2 Å². The Morgan fingerprint density at radius 2 is 2.33 bits per heavy atom. The standard InChI is InChI=1S/C11H20N4O2S/c1-9(10-3-4-10)14-18(16,17)11-7-13-15(8-11)6-2-5-12/h7-10,14H,2-6,12H2,1H3. The maximum absolute atomic E-state index is 12.1. The van der Waals surface area contributed by atoms with Gasteiger partial charge in [-0.2, -0.15) is 5.10 Å². The number of aromatic nitrogens is 2. The second-order valence-corrected chi connectivity index (χ2v) is 6.54. The molecule has 0 aliphatic heterocycles. The van der Waals surface area contributed by atoms with E-state index in [4.69, 9.17) is 5.73 Å². The smallest absolute Gasteiger partial charge is 0.243 e. The largest absolute Gasteiger partial charge is 0.330 e. The second kappa shape index (κ2) is 5.38. The zero-order valence-corrected chi connectivity index (χ0v) is 11.4. The molecule has 0 spiro atoms. The fourth-order valence-corrected chi connectivity index (χ4v) is 3.13. The highest BCUT2D eigenvalue weighted by molar-refractivity contribution is 7.89. The monoisotopic (exact) mass is 272 g/mol. The predicted molar refractivity (Wildman–Crippen MR) is 68.4 cm³/mol. The predicted octanol–water partition coefficient (Wildman–Crippen LogP) is 0.309. The van der Waals surface area contributed by atoms with Gasteiger partial charge in [-0.05, 0) is 38.6 Å². The van der Waals surface area contributed by atoms with Crippen LogP contribution in [-0.4, -0.2) is 30.8 Å². The molecule has 1 aliphatic rings. The van der Waals surface area contributed by atoms with Gasteiger partial charge in [0.25, 0.3) is 0 Å². The molecule has 1 saturated carbocycles. The number of hydrogen-bond donors (Lipinski definition) is 2. The number of hydrogen-bond acceptors (Lipinski definition) is 4. The Hall–Kier alpha value is -0.920. The van der Waals surface area contributed by atoms with E-state index in [0.29, 0.717) is 19.0 Å². The van der Waals surface area contributed by atoms with Gasteiger partial charge in [-0.25, -0.2) is 13.1 Å². The molecule has 2 rings (SSSR count). The van der Waals surface area contributed by atoms with Crippen LogP contribution in [0.3, 0.4) is 0 Å². The molecule has 0 radical (unpaired) electrons. The quantitative estimate of drug-likeness (QED) is 0.747. The third kappa shape index (κ3) is 3.30. The Labute approximate surface area is 108 Å². The molecule has 1 unspecified atom stereocenters. The van der Waals surface area contributed by atoms with Crippen LogP contribution in [0, 0.1) is 5.92 Å². The summed E-state index contributed by atoms with van der Waals surface area (Å²) in [4.78, 5) is 0.229. The molecule has 1 atom stereocenters. The van der Waals surface area contributed by atoms with Crippen LogP contribution in [0.4, 0.5) is 0 Å². The van der Waals surface area contributed by atoms with Crippen LogP contribution in [0.2, 0.25) is 0 Å². The average Bonchev–Trinajstić information content (AvgIpc) is 3.05. The summed E-state index contributed by atoms with van der Waals surface area (Å²) in [5.74, 6) is 0.493. The summed E-state index contributed by atoms with van der Waals surface area (Å²) < 4.78 is 28.5. The van der Waals surface area contributed by atoms with Crippen LogP contribution in [0.25, 0.3) is 0 Å². The summed E-state index contributed by atoms with van der Waals surface area (Å²) in [6, 6.07) is 0.00221. The second-order valence-electron chi connectivity index (χ2n) is 4.83. The SMILES string of the molecule is CC(NS(=O)(=O)c1cnn(CCCN)c1)C1CC1. The number of nitrogens with two attached hydrogens (primary N) is 1. The van der Waals surface area contributed by atoms with Gasteiger partial charge in [0.15, 0.2) is 0 Å². The number of aryl methyl sites for hydroxylation is 1. The Morgan fingerprint density at radius 3 is 2.94 bits per heavy atom. The van der Waals surface area contributed by atoms with Crippen LogP contribution >= 0.6 is 0 Å². The lowest BCUT2D eigenvalue weighted by Crippen LogP contribution is -2.33. The summed E-state index contributed by atoms with van der Waals surface area (Å²) in [5, 5.41) is 4.03. The summed E-state index contributed by atoms with van der Waals surface area (Å²) in [6.45, 7) is 3.12. The van der Waals surface area contributed by atoms with Crippen molar-refractivity contribution in [2.24, 2.45) is 11.7 Å². The lowest BCUT2D eigenvalue weighted by Gasteiger charge is -2.11. The zero-order chi connectivity index (χ0) is 13.2. The maximum Gasteiger partial charge on any atom is 0.243 e. The molecule has 1 aromatic heterocycles. The van der Waals surface area contributed by atoms with Gasteiger partial charge in [-0.3, -0.25) is 4.68 Å². The van der Waals surface area contributed by atoms with Crippen molar-refractivity contribution in [3.63, 3.8) is 0 Å². The van der Waals surface area contributed by atoms with E-state index < -0.39 is 10.0 Å². The molecule has 1 aliphatic carbocycles. The molecule has 1 heterocycles. The van der Waals surface area contributed by atoms with E-state index >= 15 is 0 Å². The number of nitrogens with one attached hydrogen (secondary N) is 1. The minimum atomic E-state index is -3.43. The fraction of sp³-hybridized carbons (Fsp3) is 0.727. The lowest BCUT2D eigenvalue weighted by molar-refractivity contribution is 0.537. The minimum Gasteiger partial charge on any atom is -0.330 e. The van der Waals surface area contributed by atoms with Crippen molar-refractivity contribution >= 4 is 10.0 Å². The Morgan fingerprint density at radius 1 is 1.61 bits per heavy atom. The summed E-state index contributed by atoms with van der Waals surface area (Å²) in [6.07, 6.45) is 5.95. The molecule has 0 saturated heterocycles. The van der Waals surface area contributed by atoms with E-state index in [-0.39, 0.29) is 10.9 Å². The van der Waals surface area contributed by atoms with Crippen LogP contribution < -0.4 is 10.5 Å². The third-order valence-corrected chi connectivity index (χ3v) is 4.69. The molecule has 0 amide bonds. The van der Waals surface area contributed by atoms with E-state index in [1.165, 1.54) is 6.20 Å². The van der Waals surface area contributed by atoms with Gasteiger partial charge in [0.1, 0.15) is 4.90 Å². The molecular weight excluding hydrogens is 252 g/mol. The van der Waals surface area contributed by atoms with E-state index in [0.717, 1.165) is 19.3 Å². The Bertz CT molecular complexity index is 493. The van der Waals surface area contributed by atoms with E-state index in [2.05, 4.69) is 9.82 Å². The molecule has 1 aromatic rings. The normalized spacial score (nSPS) is 17.9. The highest BCUT2D eigenvalue weighted by Gasteiger charge is 2.31. The van der Waals surface area contributed by atoms with Gasteiger partial charge in [0.2, 0.25) is 10.0 Å². The molecule has 0 bridgehead atoms. The van der Waals surface area contributed by atoms with Crippen LogP contribution in [0.15, 0.2) is 17.3 Å². The molecule has 102 valence electrons. The highest BCUT2D eigenvalue weighted by Crippen LogP contribution is 2.32. The van der Waals surface area contributed by atoms with Crippen molar-refractivity contribution in [3.05, 3.63) is 12.4 Å². The molecular formula is C11H20N4O2S. The first-order valence-corrected chi connectivity index (χ1v) is 7.76. The average molecular weight is 272 g/mol. The van der Waals surface area contributed by atoms with E-state index in [1.54, 1.807) is 10.9 Å². The van der Waals surface area contributed by atoms with Crippen molar-refractivity contribution in [2.45, 2.75) is 43.7 Å². The molecule has 3 N–H and O–H groups in total. The van der Waals surface area contributed by atoms with Crippen molar-refractivity contribution in [1.29, 1.82) is 0 Å². The summed E-state index contributed by atoms with van der Waals surface area (Å²) in [5.41, 5.74) is 5.40. The minimum absolute atomic E-state index is 0.00221. The topological polar surface area (TPSA) is 90.0 Å². The first-order chi connectivity index (χ1) is 8.53. The molecule has 6 nitrogen and oxygen atoms in total. The molecule has 1 fully saturated rings. The first-order valence-electron chi connectivity index (χ1n) is 6.28. The van der Waals surface area contributed by atoms with Gasteiger partial charge in [0.05, 0.1) is 6.20 Å². The summed E-state index contributed by atoms with van der Waals surface area (Å²) >= 11 is 0. The Kier molecular flexibility index (Phi) is 4.04. The highest BCUT2D eigenvalue weighted by atomic mass is 32.2. The van der Waals surface area contributed by atoms with E-state index in [9.17, 15) is 8.42 Å². The summed E-state index contributed by atoms with van der Waals surface area (Å²) in [7, 11) is -3.43. The van der Waals surface area contributed by atoms with Crippen molar-refractivity contribution < 1.29 is 8.42 Å². The van der Waals surface area contributed by atoms with Gasteiger partial charge in [-0.1, -0.05) is 0 Å². The maximum atomic E-state index is 12.1. The number of nitrogens with zero attached hydrogens (tertiary/aromatic N) is 2. The number of rotatable bonds is 7. The van der Waals surface area contributed by atoms with Crippen molar-refractivity contribution in [1.82, 2.24) is 14.5 Å². The lowest BCUT2D eigenvalue weighted by atomic mass is 10.2. The van der Waals surface area contributed by atoms with Gasteiger partial charge in [0, 0.05) is 18.8 Å². The zero-order valence-electron chi connectivity index (χ0n) is 10.5. The molecule has 7 heteroatoms. The Balaban J connectivity index is 2.01. The first kappa shape index (κ1) is 13.5. The van der Waals surface area contributed by atoms with E-state index in [1.807, 2.05) is 6.92 Å². The van der Waals surface area contributed by atoms with Gasteiger partial charge < -0.3 is 5.73 Å². The van der Waals surface area contributed by atoms with Crippen LogP contribution in [0.5, 0.6) is 0 Å².